The van der Waals surface area contributed by atoms with Crippen LogP contribution in [0.1, 0.15) is 54.8 Å². The van der Waals surface area contributed by atoms with Crippen LogP contribution in [0.15, 0.2) is 42.5 Å². The molecular weight excluding hydrogens is 440 g/mol. The summed E-state index contributed by atoms with van der Waals surface area (Å²) in [6.07, 6.45) is 5.04. The van der Waals surface area contributed by atoms with Gasteiger partial charge in [0, 0.05) is 56.3 Å². The average molecular weight is 477 g/mol. The number of aryl methyl sites for hydroxylation is 1. The number of hydrogen-bond acceptors (Lipinski definition) is 5. The maximum atomic E-state index is 12.3. The van der Waals surface area contributed by atoms with E-state index in [9.17, 15) is 9.59 Å². The molecule has 3 heterocycles. The highest BCUT2D eigenvalue weighted by atomic mass is 16.5. The van der Waals surface area contributed by atoms with E-state index in [1.807, 2.05) is 7.05 Å². The van der Waals surface area contributed by atoms with Crippen LogP contribution in [0.25, 0.3) is 0 Å². The van der Waals surface area contributed by atoms with Gasteiger partial charge in [-0.15, -0.1) is 0 Å². The number of ether oxygens (including phenoxy) is 1. The number of amides is 2. The Morgan fingerprint density at radius 1 is 1.09 bits per heavy atom. The molecular formula is C28H36N4O3. The molecule has 0 bridgehead atoms. The molecule has 3 aliphatic rings. The molecule has 2 amide bonds. The van der Waals surface area contributed by atoms with Crippen LogP contribution in [0.3, 0.4) is 0 Å². The normalized spacial score (nSPS) is 24.9. The number of carbonyl (C=O) groups is 2. The summed E-state index contributed by atoms with van der Waals surface area (Å²) in [7, 11) is 3.57. The summed E-state index contributed by atoms with van der Waals surface area (Å²) in [4.78, 5) is 28.4. The van der Waals surface area contributed by atoms with Crippen molar-refractivity contribution in [1.29, 1.82) is 0 Å². The fourth-order valence-corrected chi connectivity index (χ4v) is 5.95. The summed E-state index contributed by atoms with van der Waals surface area (Å²) in [6, 6.07) is 15.6. The van der Waals surface area contributed by atoms with Crippen molar-refractivity contribution in [2.75, 3.05) is 32.1 Å². The molecule has 0 unspecified atom stereocenters. The van der Waals surface area contributed by atoms with Gasteiger partial charge < -0.3 is 20.3 Å². The first-order valence-electron chi connectivity index (χ1n) is 12.8. The minimum absolute atomic E-state index is 0.160. The van der Waals surface area contributed by atoms with Crippen LogP contribution in [-0.2, 0) is 22.6 Å². The first kappa shape index (κ1) is 23.8. The van der Waals surface area contributed by atoms with Crippen LogP contribution >= 0.6 is 0 Å². The van der Waals surface area contributed by atoms with Crippen molar-refractivity contribution in [2.24, 2.45) is 0 Å². The lowest BCUT2D eigenvalue weighted by molar-refractivity contribution is -0.119. The second kappa shape index (κ2) is 10.4. The monoisotopic (exact) mass is 476 g/mol. The molecule has 3 aliphatic heterocycles. The van der Waals surface area contributed by atoms with Crippen LogP contribution in [-0.4, -0.2) is 56.0 Å². The number of nitrogens with zero attached hydrogens (tertiary/aromatic N) is 2. The van der Waals surface area contributed by atoms with Crippen molar-refractivity contribution in [1.82, 2.24) is 15.5 Å². The Labute approximate surface area is 207 Å². The van der Waals surface area contributed by atoms with Gasteiger partial charge in [0.05, 0.1) is 13.2 Å². The van der Waals surface area contributed by atoms with Gasteiger partial charge in [0.15, 0.2) is 0 Å². The molecule has 0 aromatic heterocycles. The van der Waals surface area contributed by atoms with Gasteiger partial charge in [-0.05, 0) is 55.5 Å². The molecule has 2 aromatic rings. The molecule has 0 radical (unpaired) electrons. The predicted octanol–water partition coefficient (Wildman–Crippen LogP) is 3.18. The van der Waals surface area contributed by atoms with Crippen molar-refractivity contribution in [3.05, 3.63) is 59.2 Å². The van der Waals surface area contributed by atoms with Crippen molar-refractivity contribution in [3.63, 3.8) is 0 Å². The van der Waals surface area contributed by atoms with Crippen LogP contribution in [0.2, 0.25) is 0 Å². The van der Waals surface area contributed by atoms with Gasteiger partial charge in [0.25, 0.3) is 0 Å². The Morgan fingerprint density at radius 3 is 2.66 bits per heavy atom. The van der Waals surface area contributed by atoms with Gasteiger partial charge in [0.1, 0.15) is 5.75 Å². The van der Waals surface area contributed by atoms with Crippen molar-refractivity contribution in [2.45, 2.75) is 63.2 Å². The maximum Gasteiger partial charge on any atom is 0.227 e. The summed E-state index contributed by atoms with van der Waals surface area (Å²) >= 11 is 0. The van der Waals surface area contributed by atoms with Crippen LogP contribution in [0.5, 0.6) is 5.75 Å². The Morgan fingerprint density at radius 2 is 1.91 bits per heavy atom. The lowest BCUT2D eigenvalue weighted by atomic mass is 9.89. The third-order valence-corrected chi connectivity index (χ3v) is 7.80. The molecule has 7 nitrogen and oxygen atoms in total. The zero-order chi connectivity index (χ0) is 24.4. The molecule has 35 heavy (non-hydrogen) atoms. The SMILES string of the molecule is COc1cc2c(cc1CN[C@H]1CCCN(C[C@H]3CCC(=O)N3)[C@@H]1c1ccccc1)N(C)C(=O)CC2. The number of benzene rings is 2. The Hall–Kier alpha value is -2.90. The van der Waals surface area contributed by atoms with E-state index in [0.717, 1.165) is 61.3 Å². The summed E-state index contributed by atoms with van der Waals surface area (Å²) in [5.74, 6) is 1.20. The summed E-state index contributed by atoms with van der Waals surface area (Å²) in [6.45, 7) is 2.57. The zero-order valence-electron chi connectivity index (χ0n) is 20.8. The molecule has 7 heteroatoms. The number of hydrogen-bond donors (Lipinski definition) is 2. The molecule has 3 atom stereocenters. The van der Waals surface area contributed by atoms with Crippen LogP contribution in [0, 0.1) is 0 Å². The minimum atomic E-state index is 0.160. The van der Waals surface area contributed by atoms with E-state index < -0.39 is 0 Å². The van der Waals surface area contributed by atoms with E-state index in [2.05, 4.69) is 58.0 Å². The second-order valence-corrected chi connectivity index (χ2v) is 10.0. The van der Waals surface area contributed by atoms with Gasteiger partial charge in [0.2, 0.25) is 11.8 Å². The number of piperidine rings is 1. The summed E-state index contributed by atoms with van der Waals surface area (Å²) in [5.41, 5.74) is 4.52. The predicted molar refractivity (Wildman–Crippen MR) is 137 cm³/mol. The number of rotatable bonds is 7. The van der Waals surface area contributed by atoms with Crippen molar-refractivity contribution in [3.8, 4) is 5.75 Å². The van der Waals surface area contributed by atoms with E-state index in [0.29, 0.717) is 19.4 Å². The molecule has 2 fully saturated rings. The molecule has 5 rings (SSSR count). The lowest BCUT2D eigenvalue weighted by Gasteiger charge is -2.43. The van der Waals surface area contributed by atoms with E-state index in [1.54, 1.807) is 12.0 Å². The Bertz CT molecular complexity index is 1070. The van der Waals surface area contributed by atoms with Crippen LogP contribution < -0.4 is 20.3 Å². The van der Waals surface area contributed by atoms with E-state index in [4.69, 9.17) is 4.74 Å². The molecule has 0 aliphatic carbocycles. The first-order valence-corrected chi connectivity index (χ1v) is 12.8. The van der Waals surface area contributed by atoms with Gasteiger partial charge >= 0.3 is 0 Å². The fourth-order valence-electron chi connectivity index (χ4n) is 5.95. The molecule has 2 saturated heterocycles. The number of nitrogens with one attached hydrogen (secondary N) is 2. The number of carbonyl (C=O) groups excluding carboxylic acids is 2. The Kier molecular flexibility index (Phi) is 7.07. The summed E-state index contributed by atoms with van der Waals surface area (Å²) in [5, 5.41) is 6.99. The first-order chi connectivity index (χ1) is 17.0. The van der Waals surface area contributed by atoms with Crippen LogP contribution in [0.4, 0.5) is 5.69 Å². The fraction of sp³-hybridized carbons (Fsp3) is 0.500. The molecule has 2 N–H and O–H groups in total. The smallest absolute Gasteiger partial charge is 0.227 e. The van der Waals surface area contributed by atoms with Crippen molar-refractivity contribution >= 4 is 17.5 Å². The van der Waals surface area contributed by atoms with Gasteiger partial charge in [-0.1, -0.05) is 30.3 Å². The standard InChI is InChI=1S/C28H36N4O3/c1-31-24-15-21(25(35-2)16-20(24)10-13-27(31)34)17-29-23-9-6-14-32(18-22-11-12-26(33)30-22)28(23)19-7-4-3-5-8-19/h3-5,7-8,15-16,22-23,28-29H,6,9-14,17-18H2,1-2H3,(H,30,33)/t22-,23+,28-/m1/s1. The zero-order valence-corrected chi connectivity index (χ0v) is 20.8. The van der Waals surface area contributed by atoms with Gasteiger partial charge in [-0.25, -0.2) is 0 Å². The summed E-state index contributed by atoms with van der Waals surface area (Å²) < 4.78 is 5.75. The maximum absolute atomic E-state index is 12.3. The molecule has 0 saturated carbocycles. The molecule has 2 aromatic carbocycles. The highest BCUT2D eigenvalue weighted by molar-refractivity contribution is 5.96. The van der Waals surface area contributed by atoms with E-state index in [1.165, 1.54) is 5.56 Å². The largest absolute Gasteiger partial charge is 0.496 e. The number of methoxy groups -OCH3 is 1. The molecule has 0 spiro atoms. The topological polar surface area (TPSA) is 73.9 Å². The molecule has 186 valence electrons. The average Bonchev–Trinajstić information content (AvgIpc) is 3.29. The highest BCUT2D eigenvalue weighted by Crippen LogP contribution is 2.35. The number of likely N-dealkylation sites (tertiary alicyclic amines) is 1. The van der Waals surface area contributed by atoms with Gasteiger partial charge in [-0.3, -0.25) is 14.5 Å². The van der Waals surface area contributed by atoms with Crippen molar-refractivity contribution < 1.29 is 14.3 Å². The number of anilines is 1. The van der Waals surface area contributed by atoms with E-state index >= 15 is 0 Å². The Balaban J connectivity index is 1.37. The minimum Gasteiger partial charge on any atom is -0.496 e. The lowest BCUT2D eigenvalue weighted by Crippen LogP contribution is -2.51. The second-order valence-electron chi connectivity index (χ2n) is 10.0. The quantitative estimate of drug-likeness (QED) is 0.642. The third kappa shape index (κ3) is 5.07. The third-order valence-electron chi connectivity index (χ3n) is 7.80. The van der Waals surface area contributed by atoms with Gasteiger partial charge in [-0.2, -0.15) is 0 Å². The van der Waals surface area contributed by atoms with E-state index in [-0.39, 0.29) is 29.9 Å². The highest BCUT2D eigenvalue weighted by Gasteiger charge is 2.35. The number of fused-ring (bicyclic) bond motifs is 1.